The van der Waals surface area contributed by atoms with E-state index in [0.717, 1.165) is 16.9 Å². The number of aliphatic hydroxyl groups is 1. The Morgan fingerprint density at radius 2 is 2.12 bits per heavy atom. The van der Waals surface area contributed by atoms with Gasteiger partial charge in [-0.2, -0.15) is 0 Å². The van der Waals surface area contributed by atoms with Crippen LogP contribution in [0.1, 0.15) is 11.1 Å². The van der Waals surface area contributed by atoms with Crippen molar-refractivity contribution in [3.8, 4) is 5.75 Å². The third-order valence-electron chi connectivity index (χ3n) is 2.19. The Morgan fingerprint density at radius 3 is 2.76 bits per heavy atom. The summed E-state index contributed by atoms with van der Waals surface area (Å²) in [6.07, 6.45) is 0. The van der Waals surface area contributed by atoms with Crippen LogP contribution in [0.4, 0.5) is 0 Å². The monoisotopic (exact) mass is 255 g/mol. The molecule has 0 heterocycles. The molecule has 1 aromatic carbocycles. The summed E-state index contributed by atoms with van der Waals surface area (Å²) < 4.78 is 10.6. The lowest BCUT2D eigenvalue weighted by atomic mass is 10.1. The Bertz CT molecular complexity index is 382. The highest BCUT2D eigenvalue weighted by atomic mass is 32.1. The predicted octanol–water partition coefficient (Wildman–Crippen LogP) is 1.02. The van der Waals surface area contributed by atoms with Crippen molar-refractivity contribution in [2.45, 2.75) is 6.92 Å². The van der Waals surface area contributed by atoms with Gasteiger partial charge in [-0.3, -0.25) is 0 Å². The maximum Gasteiger partial charge on any atom is 0.123 e. The third-order valence-corrected chi connectivity index (χ3v) is 2.43. The van der Waals surface area contributed by atoms with Gasteiger partial charge in [0.2, 0.25) is 0 Å². The third kappa shape index (κ3) is 4.68. The van der Waals surface area contributed by atoms with Crippen LogP contribution in [-0.2, 0) is 4.74 Å². The predicted molar refractivity (Wildman–Crippen MR) is 70.5 cm³/mol. The van der Waals surface area contributed by atoms with Crippen LogP contribution in [0.3, 0.4) is 0 Å². The molecule has 94 valence electrons. The van der Waals surface area contributed by atoms with E-state index in [0.29, 0.717) is 24.8 Å². The molecule has 0 saturated heterocycles. The number of hydrogen-bond acceptors (Lipinski definition) is 4. The second-order valence-corrected chi connectivity index (χ2v) is 3.97. The number of nitrogens with two attached hydrogens (primary N) is 1. The molecule has 1 rings (SSSR count). The van der Waals surface area contributed by atoms with Crippen molar-refractivity contribution >= 4 is 17.2 Å². The van der Waals surface area contributed by atoms with Crippen molar-refractivity contribution in [1.29, 1.82) is 0 Å². The zero-order chi connectivity index (χ0) is 12.7. The SMILES string of the molecule is Cc1ccc(C(N)=S)cc1OCCOCCO. The van der Waals surface area contributed by atoms with E-state index < -0.39 is 0 Å². The molecule has 4 nitrogen and oxygen atoms in total. The smallest absolute Gasteiger partial charge is 0.123 e. The second-order valence-electron chi connectivity index (χ2n) is 3.53. The minimum absolute atomic E-state index is 0.0238. The normalized spacial score (nSPS) is 10.2. The average molecular weight is 255 g/mol. The summed E-state index contributed by atoms with van der Waals surface area (Å²) in [5, 5.41) is 8.53. The zero-order valence-corrected chi connectivity index (χ0v) is 10.6. The summed E-state index contributed by atoms with van der Waals surface area (Å²) in [5.41, 5.74) is 7.36. The van der Waals surface area contributed by atoms with Crippen molar-refractivity contribution in [2.24, 2.45) is 5.73 Å². The maximum absolute atomic E-state index is 8.53. The van der Waals surface area contributed by atoms with Gasteiger partial charge in [-0.15, -0.1) is 0 Å². The molecule has 0 aliphatic heterocycles. The summed E-state index contributed by atoms with van der Waals surface area (Å²) in [5.74, 6) is 0.753. The Morgan fingerprint density at radius 1 is 1.35 bits per heavy atom. The number of rotatable bonds is 7. The van der Waals surface area contributed by atoms with Gasteiger partial charge in [0.15, 0.2) is 0 Å². The molecule has 0 spiro atoms. The Kier molecular flexibility index (Phi) is 5.90. The molecular formula is C12H17NO3S. The van der Waals surface area contributed by atoms with E-state index in [-0.39, 0.29) is 6.61 Å². The number of benzene rings is 1. The summed E-state index contributed by atoms with van der Waals surface area (Å²) >= 11 is 4.90. The van der Waals surface area contributed by atoms with Crippen LogP contribution in [0.25, 0.3) is 0 Å². The molecule has 0 aromatic heterocycles. The lowest BCUT2D eigenvalue weighted by Gasteiger charge is -2.10. The summed E-state index contributed by atoms with van der Waals surface area (Å²) in [4.78, 5) is 0.353. The van der Waals surface area contributed by atoms with E-state index in [2.05, 4.69) is 0 Å². The average Bonchev–Trinajstić information content (AvgIpc) is 2.30. The fourth-order valence-electron chi connectivity index (χ4n) is 1.29. The standard InChI is InChI=1S/C12H17NO3S/c1-9-2-3-10(12(13)17)8-11(9)16-7-6-15-5-4-14/h2-3,8,14H,4-7H2,1H3,(H2,13,17). The van der Waals surface area contributed by atoms with Crippen molar-refractivity contribution in [1.82, 2.24) is 0 Å². The highest BCUT2D eigenvalue weighted by Gasteiger charge is 2.03. The lowest BCUT2D eigenvalue weighted by Crippen LogP contribution is -2.12. The van der Waals surface area contributed by atoms with Crippen LogP contribution < -0.4 is 10.5 Å². The molecular weight excluding hydrogens is 238 g/mol. The number of thiocarbonyl (C=S) groups is 1. The van der Waals surface area contributed by atoms with Crippen LogP contribution >= 0.6 is 12.2 Å². The molecule has 0 radical (unpaired) electrons. The van der Waals surface area contributed by atoms with E-state index in [9.17, 15) is 0 Å². The van der Waals surface area contributed by atoms with Crippen molar-refractivity contribution in [3.05, 3.63) is 29.3 Å². The van der Waals surface area contributed by atoms with Crippen LogP contribution in [0.2, 0.25) is 0 Å². The van der Waals surface area contributed by atoms with Gasteiger partial charge in [0.05, 0.1) is 19.8 Å². The first-order chi connectivity index (χ1) is 8.15. The fourth-order valence-corrected chi connectivity index (χ4v) is 1.41. The molecule has 17 heavy (non-hydrogen) atoms. The molecule has 0 amide bonds. The zero-order valence-electron chi connectivity index (χ0n) is 9.81. The molecule has 0 aliphatic carbocycles. The molecule has 0 bridgehead atoms. The largest absolute Gasteiger partial charge is 0.491 e. The minimum Gasteiger partial charge on any atom is -0.491 e. The Hall–Kier alpha value is -1.17. The second kappa shape index (κ2) is 7.21. The Balaban J connectivity index is 2.51. The van der Waals surface area contributed by atoms with Gasteiger partial charge in [0.25, 0.3) is 0 Å². The van der Waals surface area contributed by atoms with Crippen LogP contribution in [0, 0.1) is 6.92 Å². The van der Waals surface area contributed by atoms with Gasteiger partial charge in [0.1, 0.15) is 17.3 Å². The first-order valence-corrected chi connectivity index (χ1v) is 5.78. The first-order valence-electron chi connectivity index (χ1n) is 5.37. The van der Waals surface area contributed by atoms with Crippen molar-refractivity contribution in [3.63, 3.8) is 0 Å². The number of aryl methyl sites for hydroxylation is 1. The van der Waals surface area contributed by atoms with Crippen molar-refractivity contribution < 1.29 is 14.6 Å². The van der Waals surface area contributed by atoms with E-state index in [1.165, 1.54) is 0 Å². The van der Waals surface area contributed by atoms with Crippen LogP contribution in [-0.4, -0.2) is 36.5 Å². The van der Waals surface area contributed by atoms with E-state index in [4.69, 9.17) is 32.5 Å². The van der Waals surface area contributed by atoms with E-state index >= 15 is 0 Å². The number of aliphatic hydroxyl groups excluding tert-OH is 1. The highest BCUT2D eigenvalue weighted by molar-refractivity contribution is 7.80. The van der Waals surface area contributed by atoms with Crippen LogP contribution in [0.15, 0.2) is 18.2 Å². The minimum atomic E-state index is 0.0238. The number of ether oxygens (including phenoxy) is 2. The molecule has 3 N–H and O–H groups in total. The molecule has 1 aromatic rings. The van der Waals surface area contributed by atoms with Gasteiger partial charge in [-0.25, -0.2) is 0 Å². The molecule has 0 unspecified atom stereocenters. The van der Waals surface area contributed by atoms with E-state index in [1.807, 2.05) is 25.1 Å². The van der Waals surface area contributed by atoms with Gasteiger partial charge in [-0.05, 0) is 18.6 Å². The molecule has 0 aliphatic rings. The first kappa shape index (κ1) is 13.9. The summed E-state index contributed by atoms with van der Waals surface area (Å²) in [6.45, 7) is 3.18. The van der Waals surface area contributed by atoms with Gasteiger partial charge in [-0.1, -0.05) is 24.4 Å². The molecule has 0 saturated carbocycles. The van der Waals surface area contributed by atoms with Gasteiger partial charge >= 0.3 is 0 Å². The highest BCUT2D eigenvalue weighted by Crippen LogP contribution is 2.19. The summed E-state index contributed by atoms with van der Waals surface area (Å²) in [7, 11) is 0. The summed E-state index contributed by atoms with van der Waals surface area (Å²) in [6, 6.07) is 5.61. The Labute approximate surface area is 106 Å². The quantitative estimate of drug-likeness (QED) is 0.562. The fraction of sp³-hybridized carbons (Fsp3) is 0.417. The van der Waals surface area contributed by atoms with Gasteiger partial charge in [0, 0.05) is 5.56 Å². The maximum atomic E-state index is 8.53. The molecule has 0 atom stereocenters. The topological polar surface area (TPSA) is 64.7 Å². The molecule has 5 heteroatoms. The molecule has 0 fully saturated rings. The van der Waals surface area contributed by atoms with E-state index in [1.54, 1.807) is 0 Å². The van der Waals surface area contributed by atoms with Crippen LogP contribution in [0.5, 0.6) is 5.75 Å². The lowest BCUT2D eigenvalue weighted by molar-refractivity contribution is 0.0704. The van der Waals surface area contributed by atoms with Crippen molar-refractivity contribution in [2.75, 3.05) is 26.4 Å². The number of hydrogen-bond donors (Lipinski definition) is 2. The van der Waals surface area contributed by atoms with Gasteiger partial charge < -0.3 is 20.3 Å².